The van der Waals surface area contributed by atoms with Crippen LogP contribution >= 0.6 is 15.9 Å². The summed E-state index contributed by atoms with van der Waals surface area (Å²) >= 11 is 3.42. The van der Waals surface area contributed by atoms with E-state index in [0.29, 0.717) is 5.41 Å². The van der Waals surface area contributed by atoms with Crippen LogP contribution in [0.25, 0.3) is 0 Å². The van der Waals surface area contributed by atoms with Crippen molar-refractivity contribution < 1.29 is 4.74 Å². The van der Waals surface area contributed by atoms with Crippen molar-refractivity contribution in [2.75, 3.05) is 13.2 Å². The van der Waals surface area contributed by atoms with Crippen LogP contribution in [0.5, 0.6) is 0 Å². The van der Waals surface area contributed by atoms with Gasteiger partial charge >= 0.3 is 0 Å². The second-order valence-corrected chi connectivity index (χ2v) is 4.72. The first-order valence-electron chi connectivity index (χ1n) is 4.62. The third-order valence-corrected chi connectivity index (χ3v) is 3.36. The molecule has 0 N–H and O–H groups in total. The number of aromatic nitrogens is 2. The first-order chi connectivity index (χ1) is 6.30. The molecule has 4 heteroatoms. The maximum Gasteiger partial charge on any atom is 0.128 e. The van der Waals surface area contributed by atoms with Gasteiger partial charge in [0.1, 0.15) is 4.60 Å². The fourth-order valence-electron chi connectivity index (χ4n) is 2.03. The average Bonchev–Trinajstić information content (AvgIpc) is 2.83. The van der Waals surface area contributed by atoms with Crippen molar-refractivity contribution in [3.05, 3.63) is 16.4 Å². The predicted molar refractivity (Wildman–Crippen MR) is 51.7 cm³/mol. The number of nitrogens with zero attached hydrogens (tertiary/aromatic N) is 2. The summed E-state index contributed by atoms with van der Waals surface area (Å²) < 4.78 is 8.62. The molecule has 1 aliphatic heterocycles. The summed E-state index contributed by atoms with van der Waals surface area (Å²) in [6.07, 6.45) is 2.51. The third-order valence-electron chi connectivity index (χ3n) is 2.97. The van der Waals surface area contributed by atoms with Crippen molar-refractivity contribution in [2.24, 2.45) is 0 Å². The van der Waals surface area contributed by atoms with E-state index < -0.39 is 0 Å². The fourth-order valence-corrected chi connectivity index (χ4v) is 2.43. The lowest BCUT2D eigenvalue weighted by atomic mass is 10.0. The van der Waals surface area contributed by atoms with Gasteiger partial charge in [0, 0.05) is 11.1 Å². The highest BCUT2D eigenvalue weighted by Gasteiger charge is 2.48. The quantitative estimate of drug-likeness (QED) is 0.693. The van der Waals surface area contributed by atoms with Gasteiger partial charge in [-0.2, -0.15) is 5.10 Å². The van der Waals surface area contributed by atoms with Gasteiger partial charge in [0.25, 0.3) is 0 Å². The molecule has 1 aromatic rings. The lowest BCUT2D eigenvalue weighted by Gasteiger charge is -2.10. The molecular weight excluding hydrogens is 232 g/mol. The van der Waals surface area contributed by atoms with Crippen molar-refractivity contribution in [3.63, 3.8) is 0 Å². The maximum atomic E-state index is 5.58. The van der Waals surface area contributed by atoms with Gasteiger partial charge < -0.3 is 4.74 Å². The van der Waals surface area contributed by atoms with Gasteiger partial charge in [-0.25, -0.2) is 0 Å². The highest BCUT2D eigenvalue weighted by atomic mass is 79.9. The Labute approximate surface area is 85.2 Å². The van der Waals surface area contributed by atoms with Crippen LogP contribution in [0.2, 0.25) is 0 Å². The molecule has 1 aromatic heterocycles. The molecule has 1 saturated carbocycles. The minimum atomic E-state index is 0.315. The molecule has 1 fully saturated rings. The number of halogens is 1. The van der Waals surface area contributed by atoms with Gasteiger partial charge in [0.2, 0.25) is 0 Å². The second-order valence-electron chi connectivity index (χ2n) is 3.91. The third kappa shape index (κ3) is 1.15. The molecule has 2 aliphatic rings. The Bertz CT molecular complexity index is 343. The second kappa shape index (κ2) is 2.58. The molecule has 0 unspecified atom stereocenters. The van der Waals surface area contributed by atoms with Gasteiger partial charge in [-0.05, 0) is 34.8 Å². The molecule has 0 radical (unpaired) electrons. The minimum Gasteiger partial charge on any atom is -0.379 e. The molecule has 0 amide bonds. The van der Waals surface area contributed by atoms with Gasteiger partial charge in [-0.15, -0.1) is 0 Å². The summed E-state index contributed by atoms with van der Waals surface area (Å²) in [5.74, 6) is 0. The minimum absolute atomic E-state index is 0.315. The van der Waals surface area contributed by atoms with Crippen LogP contribution in [0, 0.1) is 0 Å². The molecule has 3 nitrogen and oxygen atoms in total. The molecule has 2 heterocycles. The number of hydrogen-bond acceptors (Lipinski definition) is 2. The van der Waals surface area contributed by atoms with Crippen LogP contribution in [-0.4, -0.2) is 23.0 Å². The number of rotatable bonds is 0. The molecule has 70 valence electrons. The zero-order valence-corrected chi connectivity index (χ0v) is 8.88. The lowest BCUT2D eigenvalue weighted by Crippen LogP contribution is -2.15. The van der Waals surface area contributed by atoms with E-state index in [0.717, 1.165) is 24.4 Å². The number of fused-ring (bicyclic) bond motifs is 2. The van der Waals surface area contributed by atoms with Crippen LogP contribution in [0.15, 0.2) is 10.7 Å². The lowest BCUT2D eigenvalue weighted by molar-refractivity contribution is 0.119. The smallest absolute Gasteiger partial charge is 0.128 e. The van der Waals surface area contributed by atoms with E-state index in [1.807, 2.05) is 0 Å². The molecule has 0 bridgehead atoms. The highest BCUT2D eigenvalue weighted by Crippen LogP contribution is 2.49. The Morgan fingerprint density at radius 2 is 2.38 bits per heavy atom. The molecule has 0 saturated heterocycles. The number of ether oxygens (including phenoxy) is 1. The van der Waals surface area contributed by atoms with Crippen molar-refractivity contribution in [3.8, 4) is 0 Å². The van der Waals surface area contributed by atoms with E-state index >= 15 is 0 Å². The standard InChI is InChI=1S/C9H11BrN2O/c10-8-5-7-9(1-2-9)6-13-4-3-12(7)11-8/h5H,1-4,6H2. The Kier molecular flexibility index (Phi) is 1.58. The van der Waals surface area contributed by atoms with Crippen LogP contribution in [-0.2, 0) is 16.7 Å². The van der Waals surface area contributed by atoms with Crippen molar-refractivity contribution >= 4 is 15.9 Å². The molecule has 13 heavy (non-hydrogen) atoms. The van der Waals surface area contributed by atoms with Crippen LogP contribution < -0.4 is 0 Å². The summed E-state index contributed by atoms with van der Waals surface area (Å²) in [5.41, 5.74) is 1.67. The van der Waals surface area contributed by atoms with Gasteiger partial charge in [-0.3, -0.25) is 4.68 Å². The molecule has 0 aromatic carbocycles. The van der Waals surface area contributed by atoms with Crippen molar-refractivity contribution in [1.29, 1.82) is 0 Å². The topological polar surface area (TPSA) is 27.1 Å². The summed E-state index contributed by atoms with van der Waals surface area (Å²) in [5, 5.41) is 4.40. The Morgan fingerprint density at radius 1 is 1.54 bits per heavy atom. The van der Waals surface area contributed by atoms with E-state index in [1.54, 1.807) is 0 Å². The van der Waals surface area contributed by atoms with Crippen molar-refractivity contribution in [2.45, 2.75) is 24.8 Å². The summed E-state index contributed by atoms with van der Waals surface area (Å²) in [6.45, 7) is 2.57. The van der Waals surface area contributed by atoms with Gasteiger partial charge in [0.15, 0.2) is 0 Å². The Morgan fingerprint density at radius 3 is 3.15 bits per heavy atom. The summed E-state index contributed by atoms with van der Waals surface area (Å²) in [7, 11) is 0. The van der Waals surface area contributed by atoms with Crippen LogP contribution in [0.1, 0.15) is 18.5 Å². The maximum absolute atomic E-state index is 5.58. The summed E-state index contributed by atoms with van der Waals surface area (Å²) in [4.78, 5) is 0. The first kappa shape index (κ1) is 8.00. The molecule has 1 aliphatic carbocycles. The molecular formula is C9H11BrN2O. The summed E-state index contributed by atoms with van der Waals surface area (Å²) in [6, 6.07) is 2.14. The molecule has 0 atom stereocenters. The highest BCUT2D eigenvalue weighted by molar-refractivity contribution is 9.10. The Hall–Kier alpha value is -0.350. The zero-order valence-electron chi connectivity index (χ0n) is 7.29. The van der Waals surface area contributed by atoms with E-state index in [4.69, 9.17) is 4.74 Å². The monoisotopic (exact) mass is 242 g/mol. The first-order valence-corrected chi connectivity index (χ1v) is 5.41. The fraction of sp³-hybridized carbons (Fsp3) is 0.667. The molecule has 3 rings (SSSR count). The molecule has 1 spiro atoms. The van der Waals surface area contributed by atoms with Crippen molar-refractivity contribution in [1.82, 2.24) is 9.78 Å². The van der Waals surface area contributed by atoms with Gasteiger partial charge in [-0.1, -0.05) is 0 Å². The van der Waals surface area contributed by atoms with Gasteiger partial charge in [0.05, 0.1) is 19.8 Å². The van der Waals surface area contributed by atoms with E-state index in [9.17, 15) is 0 Å². The SMILES string of the molecule is Brc1cc2n(n1)CCOCC21CC1. The zero-order chi connectivity index (χ0) is 8.89. The largest absolute Gasteiger partial charge is 0.379 e. The Balaban J connectivity index is 2.10. The van der Waals surface area contributed by atoms with E-state index in [1.165, 1.54) is 18.5 Å². The normalized spacial score (nSPS) is 24.1. The number of hydrogen-bond donors (Lipinski definition) is 0. The predicted octanol–water partition coefficient (Wildman–Crippen LogP) is 1.71. The van der Waals surface area contributed by atoms with E-state index in [2.05, 4.69) is 31.8 Å². The average molecular weight is 243 g/mol. The van der Waals surface area contributed by atoms with E-state index in [-0.39, 0.29) is 0 Å². The van der Waals surface area contributed by atoms with Crippen LogP contribution in [0.4, 0.5) is 0 Å². The van der Waals surface area contributed by atoms with Crippen LogP contribution in [0.3, 0.4) is 0 Å².